The first-order valence-electron chi connectivity index (χ1n) is 6.42. The molecule has 2 N–H and O–H groups in total. The Morgan fingerprint density at radius 3 is 2.86 bits per heavy atom. The molecule has 0 saturated carbocycles. The van der Waals surface area contributed by atoms with E-state index in [4.69, 9.17) is 4.74 Å². The number of rotatable bonds is 6. The number of nitro groups is 1. The first-order valence-corrected chi connectivity index (χ1v) is 7.58. The third kappa shape index (κ3) is 3.67. The van der Waals surface area contributed by atoms with Crippen LogP contribution in [-0.2, 0) is 9.59 Å². The van der Waals surface area contributed by atoms with Crippen LogP contribution in [0.3, 0.4) is 0 Å². The normalized spacial score (nSPS) is 20.4. The van der Waals surface area contributed by atoms with Crippen LogP contribution < -0.4 is 10.1 Å². The minimum atomic E-state index is -1.26. The van der Waals surface area contributed by atoms with Crippen molar-refractivity contribution in [2.24, 2.45) is 0 Å². The number of ether oxygens (including phenoxy) is 1. The van der Waals surface area contributed by atoms with E-state index in [0.717, 1.165) is 0 Å². The van der Waals surface area contributed by atoms with Gasteiger partial charge in [0.05, 0.1) is 11.0 Å². The van der Waals surface area contributed by atoms with E-state index in [1.54, 1.807) is 0 Å². The highest BCUT2D eigenvalue weighted by Gasteiger charge is 2.43. The van der Waals surface area contributed by atoms with Gasteiger partial charge in [-0.25, -0.2) is 4.79 Å². The molecule has 1 fully saturated rings. The van der Waals surface area contributed by atoms with Crippen molar-refractivity contribution in [3.8, 4) is 5.75 Å². The zero-order chi connectivity index (χ0) is 16.2. The predicted octanol–water partition coefficient (Wildman–Crippen LogP) is 1.05. The topological polar surface area (TPSA) is 119 Å². The average Bonchev–Trinajstić information content (AvgIpc) is 2.95. The summed E-state index contributed by atoms with van der Waals surface area (Å²) in [7, 11) is 0. The molecular formula is C13H14N2O6S. The summed E-state index contributed by atoms with van der Waals surface area (Å²) < 4.78 is 5.18. The fourth-order valence-electron chi connectivity index (χ4n) is 2.02. The summed E-state index contributed by atoms with van der Waals surface area (Å²) in [5.41, 5.74) is -1.40. The van der Waals surface area contributed by atoms with E-state index in [0.29, 0.717) is 17.9 Å². The number of hydrogen-bond donors (Lipinski definition) is 2. The van der Waals surface area contributed by atoms with Gasteiger partial charge < -0.3 is 15.2 Å². The van der Waals surface area contributed by atoms with Crippen LogP contribution in [0.25, 0.3) is 0 Å². The lowest BCUT2D eigenvalue weighted by Crippen LogP contribution is -2.55. The SMILES string of the molecule is O=C(COc1cccc([N+](=O)[O-])c1)NC1(C(=O)O)CCSC1. The summed E-state index contributed by atoms with van der Waals surface area (Å²) in [5, 5.41) is 22.4. The van der Waals surface area contributed by atoms with E-state index in [1.165, 1.54) is 36.0 Å². The fourth-order valence-corrected chi connectivity index (χ4v) is 3.35. The number of benzene rings is 1. The highest BCUT2D eigenvalue weighted by atomic mass is 32.2. The van der Waals surface area contributed by atoms with E-state index in [-0.39, 0.29) is 11.4 Å². The third-order valence-electron chi connectivity index (χ3n) is 3.21. The Balaban J connectivity index is 1.94. The molecule has 1 unspecified atom stereocenters. The summed E-state index contributed by atoms with van der Waals surface area (Å²) in [6.45, 7) is -0.402. The van der Waals surface area contributed by atoms with Crippen LogP contribution >= 0.6 is 11.8 Å². The van der Waals surface area contributed by atoms with Crippen LogP contribution in [0.4, 0.5) is 5.69 Å². The molecule has 0 spiro atoms. The fraction of sp³-hybridized carbons (Fsp3) is 0.385. The summed E-state index contributed by atoms with van der Waals surface area (Å²) in [4.78, 5) is 33.2. The number of non-ortho nitro benzene ring substituents is 1. The second-order valence-electron chi connectivity index (χ2n) is 4.78. The summed E-state index contributed by atoms with van der Waals surface area (Å²) in [6, 6.07) is 5.43. The van der Waals surface area contributed by atoms with E-state index < -0.39 is 28.9 Å². The van der Waals surface area contributed by atoms with Gasteiger partial charge in [-0.2, -0.15) is 11.8 Å². The van der Waals surface area contributed by atoms with Gasteiger partial charge in [0.25, 0.3) is 11.6 Å². The molecule has 0 aromatic heterocycles. The van der Waals surface area contributed by atoms with E-state index >= 15 is 0 Å². The summed E-state index contributed by atoms with van der Waals surface area (Å²) >= 11 is 1.46. The molecule has 0 bridgehead atoms. The molecule has 22 heavy (non-hydrogen) atoms. The number of hydrogen-bond acceptors (Lipinski definition) is 6. The molecule has 1 aliphatic heterocycles. The maximum absolute atomic E-state index is 11.9. The average molecular weight is 326 g/mol. The largest absolute Gasteiger partial charge is 0.484 e. The van der Waals surface area contributed by atoms with E-state index in [9.17, 15) is 24.8 Å². The first-order chi connectivity index (χ1) is 10.4. The van der Waals surface area contributed by atoms with Gasteiger partial charge in [-0.3, -0.25) is 14.9 Å². The van der Waals surface area contributed by atoms with Gasteiger partial charge in [0.2, 0.25) is 0 Å². The van der Waals surface area contributed by atoms with Gasteiger partial charge >= 0.3 is 5.97 Å². The minimum absolute atomic E-state index is 0.146. The molecule has 9 heteroatoms. The second-order valence-corrected chi connectivity index (χ2v) is 5.89. The Kier molecular flexibility index (Phi) is 4.86. The number of nitrogens with one attached hydrogen (secondary N) is 1. The number of carbonyl (C=O) groups excluding carboxylic acids is 1. The first kappa shape index (κ1) is 16.1. The Morgan fingerprint density at radius 1 is 1.50 bits per heavy atom. The maximum Gasteiger partial charge on any atom is 0.330 e. The third-order valence-corrected chi connectivity index (χ3v) is 4.40. The number of thioether (sulfide) groups is 1. The van der Waals surface area contributed by atoms with Crippen molar-refractivity contribution in [1.82, 2.24) is 5.32 Å². The molecule has 1 aliphatic rings. The molecule has 1 amide bonds. The van der Waals surface area contributed by atoms with Crippen molar-refractivity contribution in [3.05, 3.63) is 34.4 Å². The maximum atomic E-state index is 11.9. The Bertz CT molecular complexity index is 600. The van der Waals surface area contributed by atoms with Crippen LogP contribution in [0, 0.1) is 10.1 Å². The van der Waals surface area contributed by atoms with Gasteiger partial charge in [0.15, 0.2) is 6.61 Å². The van der Waals surface area contributed by atoms with Crippen molar-refractivity contribution < 1.29 is 24.4 Å². The summed E-state index contributed by atoms with van der Waals surface area (Å²) in [5.74, 6) is -0.490. The molecule has 0 aliphatic carbocycles. The molecule has 2 rings (SSSR count). The van der Waals surface area contributed by atoms with Crippen LogP contribution in [0.2, 0.25) is 0 Å². The van der Waals surface area contributed by atoms with E-state index in [2.05, 4.69) is 5.32 Å². The highest BCUT2D eigenvalue weighted by molar-refractivity contribution is 7.99. The van der Waals surface area contributed by atoms with Crippen LogP contribution in [-0.4, -0.2) is 45.6 Å². The molecule has 1 aromatic carbocycles. The number of aliphatic carboxylic acids is 1. The van der Waals surface area contributed by atoms with Crippen LogP contribution in [0.1, 0.15) is 6.42 Å². The molecular weight excluding hydrogens is 312 g/mol. The van der Waals surface area contributed by atoms with Gasteiger partial charge in [-0.05, 0) is 18.2 Å². The molecule has 118 valence electrons. The zero-order valence-corrected chi connectivity index (χ0v) is 12.3. The number of carboxylic acids is 1. The lowest BCUT2D eigenvalue weighted by Gasteiger charge is -2.24. The van der Waals surface area contributed by atoms with Crippen molar-refractivity contribution in [2.75, 3.05) is 18.1 Å². The smallest absolute Gasteiger partial charge is 0.330 e. The number of nitrogens with zero attached hydrogens (tertiary/aromatic N) is 1. The lowest BCUT2D eigenvalue weighted by atomic mass is 9.99. The molecule has 1 saturated heterocycles. The van der Waals surface area contributed by atoms with Crippen molar-refractivity contribution in [2.45, 2.75) is 12.0 Å². The van der Waals surface area contributed by atoms with Gasteiger partial charge in [-0.1, -0.05) is 6.07 Å². The lowest BCUT2D eigenvalue weighted by molar-refractivity contribution is -0.384. The monoisotopic (exact) mass is 326 g/mol. The van der Waals surface area contributed by atoms with Crippen LogP contribution in [0.15, 0.2) is 24.3 Å². The van der Waals surface area contributed by atoms with Crippen molar-refractivity contribution in [1.29, 1.82) is 0 Å². The molecule has 1 atom stereocenters. The van der Waals surface area contributed by atoms with Gasteiger partial charge in [0.1, 0.15) is 11.3 Å². The van der Waals surface area contributed by atoms with Crippen molar-refractivity contribution in [3.63, 3.8) is 0 Å². The van der Waals surface area contributed by atoms with Crippen molar-refractivity contribution >= 4 is 29.3 Å². The number of amides is 1. The van der Waals surface area contributed by atoms with Gasteiger partial charge in [-0.15, -0.1) is 0 Å². The highest BCUT2D eigenvalue weighted by Crippen LogP contribution is 2.28. The minimum Gasteiger partial charge on any atom is -0.484 e. The standard InChI is InChI=1S/C13H14N2O6S/c16-11(14-13(12(17)18)4-5-22-8-13)7-21-10-3-1-2-9(6-10)15(19)20/h1-3,6H,4-5,7-8H2,(H,14,16)(H,17,18). The summed E-state index contributed by atoms with van der Waals surface area (Å²) in [6.07, 6.45) is 0.357. The Hall–Kier alpha value is -2.29. The van der Waals surface area contributed by atoms with E-state index in [1.807, 2.05) is 0 Å². The molecule has 8 nitrogen and oxygen atoms in total. The predicted molar refractivity (Wildman–Crippen MR) is 79.0 cm³/mol. The number of carbonyl (C=O) groups is 2. The Morgan fingerprint density at radius 2 is 2.27 bits per heavy atom. The molecule has 1 aromatic rings. The van der Waals surface area contributed by atoms with Gasteiger partial charge in [0, 0.05) is 11.8 Å². The quantitative estimate of drug-likeness (QED) is 0.592. The number of nitro benzene ring substituents is 1. The molecule has 0 radical (unpaired) electrons. The van der Waals surface area contributed by atoms with Crippen LogP contribution in [0.5, 0.6) is 5.75 Å². The number of carboxylic acid groups (broad SMARTS) is 1. The Labute approximate surface area is 130 Å². The zero-order valence-electron chi connectivity index (χ0n) is 11.5. The second kappa shape index (κ2) is 6.65. The molecule has 1 heterocycles.